The van der Waals surface area contributed by atoms with E-state index in [0.29, 0.717) is 5.56 Å². The fourth-order valence-corrected chi connectivity index (χ4v) is 4.18. The van der Waals surface area contributed by atoms with Crippen molar-refractivity contribution in [3.05, 3.63) is 87.2 Å². The molecule has 2 amide bonds. The standard InChI is InChI=1S/C26H21BrF5N5O5/c1-12-14(10-35-37(12)2)9-34-25(39)40-11-18(41-17-8-7-16(28)19(20(17)29)23(33)38)24-36-21(22(27)42-24)13-3-5-15(6-4-13)26(30,31)32/h3-8,10,18H,9,11H2,1-2H3,(H2,33,38)(H,34,39). The Morgan fingerprint density at radius 3 is 2.45 bits per heavy atom. The van der Waals surface area contributed by atoms with Crippen LogP contribution in [0.1, 0.15) is 39.2 Å². The van der Waals surface area contributed by atoms with Crippen LogP contribution in [0.4, 0.5) is 26.7 Å². The van der Waals surface area contributed by atoms with E-state index in [4.69, 9.17) is 19.6 Å². The maximum atomic E-state index is 14.9. The maximum absolute atomic E-state index is 14.9. The molecule has 0 aliphatic heterocycles. The Balaban J connectivity index is 1.60. The molecule has 2 aromatic heterocycles. The third-order valence-electron chi connectivity index (χ3n) is 6.06. The number of nitrogens with zero attached hydrogens (tertiary/aromatic N) is 3. The highest BCUT2D eigenvalue weighted by molar-refractivity contribution is 9.10. The molecule has 0 fully saturated rings. The number of rotatable bonds is 9. The molecule has 222 valence electrons. The van der Waals surface area contributed by atoms with Gasteiger partial charge in [0.05, 0.1) is 11.8 Å². The molecule has 0 bridgehead atoms. The van der Waals surface area contributed by atoms with Crippen molar-refractivity contribution in [2.45, 2.75) is 25.7 Å². The summed E-state index contributed by atoms with van der Waals surface area (Å²) in [7, 11) is 1.73. The smallest absolute Gasteiger partial charge is 0.416 e. The first-order chi connectivity index (χ1) is 19.8. The van der Waals surface area contributed by atoms with Crippen molar-refractivity contribution in [2.24, 2.45) is 12.8 Å². The van der Waals surface area contributed by atoms with Gasteiger partial charge in [0.2, 0.25) is 12.0 Å². The second-order valence-electron chi connectivity index (χ2n) is 8.79. The van der Waals surface area contributed by atoms with Crippen molar-refractivity contribution in [1.82, 2.24) is 20.1 Å². The summed E-state index contributed by atoms with van der Waals surface area (Å²) in [4.78, 5) is 28.2. The van der Waals surface area contributed by atoms with Gasteiger partial charge in [-0.05, 0) is 47.1 Å². The first-order valence-corrected chi connectivity index (χ1v) is 12.7. The van der Waals surface area contributed by atoms with Gasteiger partial charge in [0.1, 0.15) is 23.7 Å². The molecular weight excluding hydrogens is 637 g/mol. The zero-order chi connectivity index (χ0) is 30.8. The van der Waals surface area contributed by atoms with Crippen molar-refractivity contribution in [3.63, 3.8) is 0 Å². The molecule has 42 heavy (non-hydrogen) atoms. The van der Waals surface area contributed by atoms with Crippen molar-refractivity contribution in [2.75, 3.05) is 6.61 Å². The zero-order valence-electron chi connectivity index (χ0n) is 21.8. The van der Waals surface area contributed by atoms with Gasteiger partial charge in [-0.25, -0.2) is 18.6 Å². The number of oxazole rings is 1. The number of nitrogens with two attached hydrogens (primary N) is 1. The van der Waals surface area contributed by atoms with Crippen molar-refractivity contribution in [3.8, 4) is 17.0 Å². The lowest BCUT2D eigenvalue weighted by Crippen LogP contribution is -2.27. The van der Waals surface area contributed by atoms with E-state index >= 15 is 0 Å². The van der Waals surface area contributed by atoms with Gasteiger partial charge < -0.3 is 24.9 Å². The SMILES string of the molecule is Cc1c(CNC(=O)OCC(Oc2ccc(F)c(C(N)=O)c2F)c2nc(-c3ccc(C(F)(F)F)cc3)c(Br)o2)cnn1C. The monoisotopic (exact) mass is 657 g/mol. The molecule has 4 aromatic rings. The minimum atomic E-state index is -4.56. The molecule has 0 radical (unpaired) electrons. The number of alkyl carbamates (subject to hydrolysis) is 1. The summed E-state index contributed by atoms with van der Waals surface area (Å²) in [5.74, 6) is -4.98. The minimum Gasteiger partial charge on any atom is -0.474 e. The molecule has 1 unspecified atom stereocenters. The second kappa shape index (κ2) is 12.2. The lowest BCUT2D eigenvalue weighted by atomic mass is 10.1. The number of alkyl halides is 3. The number of hydrogen-bond donors (Lipinski definition) is 2. The summed E-state index contributed by atoms with van der Waals surface area (Å²) in [5.41, 5.74) is 4.93. The van der Waals surface area contributed by atoms with Crippen molar-refractivity contribution in [1.29, 1.82) is 0 Å². The molecule has 0 saturated heterocycles. The largest absolute Gasteiger partial charge is 0.474 e. The van der Waals surface area contributed by atoms with E-state index in [-0.39, 0.29) is 28.4 Å². The van der Waals surface area contributed by atoms with E-state index in [1.165, 1.54) is 0 Å². The number of aryl methyl sites for hydroxylation is 1. The number of ether oxygens (including phenoxy) is 2. The van der Waals surface area contributed by atoms with Gasteiger partial charge >= 0.3 is 12.3 Å². The van der Waals surface area contributed by atoms with E-state index in [1.54, 1.807) is 24.9 Å². The Bertz CT molecular complexity index is 1620. The zero-order valence-corrected chi connectivity index (χ0v) is 23.3. The van der Waals surface area contributed by atoms with Crippen LogP contribution in [0.3, 0.4) is 0 Å². The summed E-state index contributed by atoms with van der Waals surface area (Å²) >= 11 is 3.14. The van der Waals surface area contributed by atoms with Crippen LogP contribution in [0, 0.1) is 18.6 Å². The number of halogens is 6. The first kappa shape index (κ1) is 30.5. The summed E-state index contributed by atoms with van der Waals surface area (Å²) in [6.45, 7) is 1.24. The van der Waals surface area contributed by atoms with Gasteiger partial charge in [0, 0.05) is 30.4 Å². The number of amides is 2. The average molecular weight is 658 g/mol. The Hall–Kier alpha value is -4.47. The minimum absolute atomic E-state index is 0.0280. The summed E-state index contributed by atoms with van der Waals surface area (Å²) in [6, 6.07) is 5.65. The fraction of sp³-hybridized carbons (Fsp3) is 0.231. The Morgan fingerprint density at radius 1 is 1.17 bits per heavy atom. The lowest BCUT2D eigenvalue weighted by Gasteiger charge is -2.18. The number of hydrogen-bond acceptors (Lipinski definition) is 7. The second-order valence-corrected chi connectivity index (χ2v) is 9.51. The summed E-state index contributed by atoms with van der Waals surface area (Å²) in [5, 5.41) is 6.59. The predicted molar refractivity (Wildman–Crippen MR) is 139 cm³/mol. The van der Waals surface area contributed by atoms with Gasteiger partial charge in [-0.3, -0.25) is 9.48 Å². The third kappa shape index (κ3) is 6.70. The van der Waals surface area contributed by atoms with Crippen LogP contribution in [0.25, 0.3) is 11.3 Å². The summed E-state index contributed by atoms with van der Waals surface area (Å²) < 4.78 is 85.9. The van der Waals surface area contributed by atoms with E-state index in [1.807, 2.05) is 0 Å². The molecule has 0 saturated carbocycles. The number of nitrogens with one attached hydrogen (secondary N) is 1. The van der Waals surface area contributed by atoms with E-state index in [9.17, 15) is 31.5 Å². The van der Waals surface area contributed by atoms with Gasteiger partial charge in [-0.1, -0.05) is 12.1 Å². The summed E-state index contributed by atoms with van der Waals surface area (Å²) in [6.07, 6.45) is -5.38. The van der Waals surface area contributed by atoms with Crippen LogP contribution < -0.4 is 15.8 Å². The highest BCUT2D eigenvalue weighted by atomic mass is 79.9. The molecule has 2 heterocycles. The first-order valence-electron chi connectivity index (χ1n) is 11.9. The van der Waals surface area contributed by atoms with Gasteiger partial charge in [-0.15, -0.1) is 0 Å². The Morgan fingerprint density at radius 2 is 1.86 bits per heavy atom. The van der Waals surface area contributed by atoms with Crippen LogP contribution in [0.5, 0.6) is 5.75 Å². The Labute approximate surface area is 242 Å². The number of benzene rings is 2. The molecule has 10 nitrogen and oxygen atoms in total. The molecular formula is C26H21BrF5N5O5. The predicted octanol–water partition coefficient (Wildman–Crippen LogP) is 5.59. The number of carbonyl (C=O) groups excluding carboxylic acids is 2. The lowest BCUT2D eigenvalue weighted by molar-refractivity contribution is -0.137. The van der Waals surface area contributed by atoms with E-state index in [0.717, 1.165) is 42.1 Å². The normalized spacial score (nSPS) is 12.2. The Kier molecular flexibility index (Phi) is 8.84. The number of primary amides is 1. The highest BCUT2D eigenvalue weighted by Gasteiger charge is 2.31. The van der Waals surface area contributed by atoms with E-state index < -0.39 is 59.4 Å². The molecule has 0 spiro atoms. The van der Waals surface area contributed by atoms with Crippen molar-refractivity contribution >= 4 is 27.9 Å². The highest BCUT2D eigenvalue weighted by Crippen LogP contribution is 2.36. The van der Waals surface area contributed by atoms with Gasteiger partial charge in [0.15, 0.2) is 16.2 Å². The van der Waals surface area contributed by atoms with E-state index in [2.05, 4.69) is 31.3 Å². The third-order valence-corrected chi connectivity index (χ3v) is 6.60. The number of aromatic nitrogens is 3. The molecule has 0 aliphatic rings. The van der Waals surface area contributed by atoms with Crippen LogP contribution in [0.2, 0.25) is 0 Å². The van der Waals surface area contributed by atoms with Crippen LogP contribution in [-0.4, -0.2) is 33.4 Å². The number of carbonyl (C=O) groups is 2. The van der Waals surface area contributed by atoms with Gasteiger partial charge in [0.25, 0.3) is 5.91 Å². The molecule has 3 N–H and O–H groups in total. The molecule has 2 aromatic carbocycles. The quantitative estimate of drug-likeness (QED) is 0.224. The van der Waals surface area contributed by atoms with Gasteiger partial charge in [-0.2, -0.15) is 18.3 Å². The van der Waals surface area contributed by atoms with Crippen molar-refractivity contribution < 1.29 is 45.4 Å². The molecule has 0 aliphatic carbocycles. The maximum Gasteiger partial charge on any atom is 0.416 e. The average Bonchev–Trinajstić information content (AvgIpc) is 3.47. The topological polar surface area (TPSA) is 134 Å². The van der Waals surface area contributed by atoms with Crippen LogP contribution in [0.15, 0.2) is 51.7 Å². The fourth-order valence-electron chi connectivity index (χ4n) is 3.70. The molecule has 16 heteroatoms. The van der Waals surface area contributed by atoms with Crippen LogP contribution >= 0.6 is 15.9 Å². The molecule has 1 atom stereocenters. The molecule has 4 rings (SSSR count). The van der Waals surface area contributed by atoms with Crippen LogP contribution in [-0.2, 0) is 24.5 Å².